The predicted molar refractivity (Wildman–Crippen MR) is 188 cm³/mol. The van der Waals surface area contributed by atoms with Gasteiger partial charge in [0.15, 0.2) is 23.1 Å². The Morgan fingerprint density at radius 2 is 1.69 bits per heavy atom. The van der Waals surface area contributed by atoms with Crippen molar-refractivity contribution in [3.63, 3.8) is 0 Å². The SMILES string of the molecule is Cc1c(F)cccc1S(=O)(=O)Nc1ccc(F)c(Nc2ncnc3ccc(-n4nc(C(=O)N(C)CCc5ccccn5)c5ccccc54)nc23)c1F. The molecule has 2 N–H and O–H groups in total. The second kappa shape index (κ2) is 13.7. The Balaban J connectivity index is 1.22. The number of aromatic nitrogens is 6. The summed E-state index contributed by atoms with van der Waals surface area (Å²) < 4.78 is 74.8. The Hall–Kier alpha value is -6.42. The maximum absolute atomic E-state index is 15.8. The number of pyridine rings is 2. The van der Waals surface area contributed by atoms with Crippen molar-refractivity contribution in [1.82, 2.24) is 34.6 Å². The molecule has 4 heterocycles. The number of nitrogens with zero attached hydrogens (tertiary/aromatic N) is 7. The molecule has 3 aromatic carbocycles. The van der Waals surface area contributed by atoms with E-state index < -0.39 is 43.7 Å². The van der Waals surface area contributed by atoms with Crippen molar-refractivity contribution in [2.45, 2.75) is 18.2 Å². The van der Waals surface area contributed by atoms with E-state index in [0.29, 0.717) is 29.4 Å². The molecule has 0 spiro atoms. The summed E-state index contributed by atoms with van der Waals surface area (Å²) in [6, 6.07) is 21.2. The molecule has 7 rings (SSSR count). The molecule has 52 heavy (non-hydrogen) atoms. The number of fused-ring (bicyclic) bond motifs is 2. The van der Waals surface area contributed by atoms with Crippen LogP contribution >= 0.6 is 0 Å². The molecular weight excluding hydrogens is 696 g/mol. The van der Waals surface area contributed by atoms with Gasteiger partial charge in [-0.25, -0.2) is 41.2 Å². The molecule has 1 amide bonds. The molecule has 0 aliphatic carbocycles. The molecule has 16 heteroatoms. The van der Waals surface area contributed by atoms with Crippen LogP contribution in [0.4, 0.5) is 30.4 Å². The Kier molecular flexibility index (Phi) is 8.98. The highest BCUT2D eigenvalue weighted by atomic mass is 32.2. The van der Waals surface area contributed by atoms with E-state index in [1.165, 1.54) is 30.1 Å². The van der Waals surface area contributed by atoms with Crippen molar-refractivity contribution in [2.75, 3.05) is 23.6 Å². The van der Waals surface area contributed by atoms with Crippen LogP contribution < -0.4 is 10.0 Å². The summed E-state index contributed by atoms with van der Waals surface area (Å²) in [6.07, 6.45) is 3.41. The van der Waals surface area contributed by atoms with E-state index in [9.17, 15) is 17.6 Å². The van der Waals surface area contributed by atoms with E-state index in [2.05, 4.69) is 35.1 Å². The van der Waals surface area contributed by atoms with Crippen molar-refractivity contribution in [1.29, 1.82) is 0 Å². The lowest BCUT2D eigenvalue weighted by Gasteiger charge is -2.15. The number of hydrogen-bond acceptors (Lipinski definition) is 9. The molecule has 0 saturated heterocycles. The number of carbonyl (C=O) groups excluding carboxylic acids is 1. The number of anilines is 3. The van der Waals surface area contributed by atoms with Gasteiger partial charge in [-0.05, 0) is 61.5 Å². The molecule has 7 aromatic rings. The summed E-state index contributed by atoms with van der Waals surface area (Å²) in [6.45, 7) is 1.67. The second-order valence-electron chi connectivity index (χ2n) is 11.7. The molecule has 0 aliphatic rings. The van der Waals surface area contributed by atoms with Crippen molar-refractivity contribution in [3.05, 3.63) is 132 Å². The maximum Gasteiger partial charge on any atom is 0.274 e. The first-order valence-corrected chi connectivity index (χ1v) is 17.3. The van der Waals surface area contributed by atoms with Crippen LogP contribution in [0.3, 0.4) is 0 Å². The highest BCUT2D eigenvalue weighted by Crippen LogP contribution is 2.32. The summed E-state index contributed by atoms with van der Waals surface area (Å²) in [7, 11) is -2.78. The smallest absolute Gasteiger partial charge is 0.274 e. The van der Waals surface area contributed by atoms with Crippen molar-refractivity contribution >= 4 is 55.1 Å². The molecule has 0 unspecified atom stereocenters. The van der Waals surface area contributed by atoms with Gasteiger partial charge >= 0.3 is 0 Å². The van der Waals surface area contributed by atoms with Gasteiger partial charge in [-0.15, -0.1) is 0 Å². The third-order valence-electron chi connectivity index (χ3n) is 8.34. The molecule has 0 saturated carbocycles. The third-order valence-corrected chi connectivity index (χ3v) is 9.85. The number of benzene rings is 3. The lowest BCUT2D eigenvalue weighted by molar-refractivity contribution is 0.0792. The van der Waals surface area contributed by atoms with Crippen molar-refractivity contribution < 1.29 is 26.4 Å². The van der Waals surface area contributed by atoms with E-state index in [4.69, 9.17) is 0 Å². The fourth-order valence-corrected chi connectivity index (χ4v) is 6.91. The van der Waals surface area contributed by atoms with Gasteiger partial charge in [-0.3, -0.25) is 14.5 Å². The normalized spacial score (nSPS) is 11.6. The van der Waals surface area contributed by atoms with Gasteiger partial charge in [0.25, 0.3) is 15.9 Å². The largest absolute Gasteiger partial charge is 0.340 e. The zero-order valence-electron chi connectivity index (χ0n) is 27.5. The first kappa shape index (κ1) is 34.0. The minimum absolute atomic E-state index is 0.0973. The molecule has 12 nitrogen and oxygen atoms in total. The lowest BCUT2D eigenvalue weighted by Crippen LogP contribution is -2.29. The summed E-state index contributed by atoms with van der Waals surface area (Å²) in [4.78, 5) is 32.2. The van der Waals surface area contributed by atoms with Crippen LogP contribution in [-0.2, 0) is 16.4 Å². The van der Waals surface area contributed by atoms with Gasteiger partial charge in [0.2, 0.25) is 0 Å². The first-order valence-electron chi connectivity index (χ1n) is 15.8. The van der Waals surface area contributed by atoms with Gasteiger partial charge < -0.3 is 10.2 Å². The predicted octanol–water partition coefficient (Wildman–Crippen LogP) is 6.34. The summed E-state index contributed by atoms with van der Waals surface area (Å²) in [5.41, 5.74) is 0.533. The summed E-state index contributed by atoms with van der Waals surface area (Å²) in [5, 5.41) is 7.82. The zero-order chi connectivity index (χ0) is 36.6. The number of amides is 1. The van der Waals surface area contributed by atoms with Gasteiger partial charge in [-0.1, -0.05) is 30.3 Å². The number of rotatable bonds is 10. The maximum atomic E-state index is 15.8. The van der Waals surface area contributed by atoms with E-state index in [-0.39, 0.29) is 34.3 Å². The fourth-order valence-electron chi connectivity index (χ4n) is 5.59. The van der Waals surface area contributed by atoms with Crippen LogP contribution in [0.1, 0.15) is 21.7 Å². The number of para-hydroxylation sites is 1. The van der Waals surface area contributed by atoms with Crippen molar-refractivity contribution in [2.24, 2.45) is 0 Å². The Bertz CT molecular complexity index is 2600. The van der Waals surface area contributed by atoms with E-state index >= 15 is 8.78 Å². The number of hydrogen-bond donors (Lipinski definition) is 2. The van der Waals surface area contributed by atoms with Crippen LogP contribution in [-0.4, -0.2) is 62.5 Å². The molecule has 262 valence electrons. The number of sulfonamides is 1. The highest BCUT2D eigenvalue weighted by molar-refractivity contribution is 7.92. The van der Waals surface area contributed by atoms with Gasteiger partial charge in [0.05, 0.1) is 21.6 Å². The Morgan fingerprint density at radius 3 is 2.50 bits per heavy atom. The molecule has 4 aromatic heterocycles. The third kappa shape index (κ3) is 6.46. The molecule has 0 atom stereocenters. The number of carbonyl (C=O) groups is 1. The number of nitrogens with one attached hydrogen (secondary N) is 2. The van der Waals surface area contributed by atoms with E-state index in [1.54, 1.807) is 54.5 Å². The topological polar surface area (TPSA) is 148 Å². The lowest BCUT2D eigenvalue weighted by atomic mass is 10.2. The van der Waals surface area contributed by atoms with Crippen LogP contribution in [0.25, 0.3) is 27.8 Å². The summed E-state index contributed by atoms with van der Waals surface area (Å²) >= 11 is 0. The fraction of sp³-hybridized carbons (Fsp3) is 0.111. The Morgan fingerprint density at radius 1 is 0.885 bits per heavy atom. The molecule has 0 aliphatic heterocycles. The minimum atomic E-state index is -4.46. The number of likely N-dealkylation sites (N-methyl/N-ethyl adjacent to an activating group) is 1. The summed E-state index contributed by atoms with van der Waals surface area (Å²) in [5.74, 6) is -3.27. The average molecular weight is 724 g/mol. The molecule has 0 radical (unpaired) electrons. The Labute approximate surface area is 295 Å². The first-order chi connectivity index (χ1) is 25.0. The van der Waals surface area contributed by atoms with E-state index in [1.807, 2.05) is 18.2 Å². The molecular formula is C36H28F3N9O3S. The molecule has 0 bridgehead atoms. The van der Waals surface area contributed by atoms with Crippen LogP contribution in [0.15, 0.2) is 102 Å². The quantitative estimate of drug-likeness (QED) is 0.165. The number of halogens is 3. The highest BCUT2D eigenvalue weighted by Gasteiger charge is 2.25. The van der Waals surface area contributed by atoms with Crippen LogP contribution in [0, 0.1) is 24.4 Å². The zero-order valence-corrected chi connectivity index (χ0v) is 28.4. The van der Waals surface area contributed by atoms with Crippen LogP contribution in [0.2, 0.25) is 0 Å². The van der Waals surface area contributed by atoms with Gasteiger partial charge in [0, 0.05) is 42.9 Å². The molecule has 0 fully saturated rings. The minimum Gasteiger partial charge on any atom is -0.340 e. The average Bonchev–Trinajstić information content (AvgIpc) is 3.54. The van der Waals surface area contributed by atoms with Crippen molar-refractivity contribution in [3.8, 4) is 5.82 Å². The van der Waals surface area contributed by atoms with E-state index in [0.717, 1.165) is 23.9 Å². The monoisotopic (exact) mass is 723 g/mol. The van der Waals surface area contributed by atoms with Gasteiger partial charge in [-0.2, -0.15) is 5.10 Å². The van der Waals surface area contributed by atoms with Gasteiger partial charge in [0.1, 0.15) is 29.2 Å². The standard InChI is InChI=1S/C36H28F3N9O3S/c1-21-24(37)10-7-12-29(21)52(50,51)46-26-14-13-25(38)33(31(26)39)44-35-34-27(41-20-42-35)15-16-30(43-34)48-28-11-4-3-9-23(28)32(45-48)36(49)47(2)19-17-22-8-5-6-18-40-22/h3-16,18,20,46H,17,19H2,1-2H3,(H,41,42,44). The second-order valence-corrected chi connectivity index (χ2v) is 13.4. The van der Waals surface area contributed by atoms with Crippen LogP contribution in [0.5, 0.6) is 0 Å².